The molecule has 0 aliphatic heterocycles. The SMILES string of the molecule is Cc1ccc2nc(N(Cc3ccccc3)C(=O)CCSc3ccc(F)cc3)sc2c1. The number of hydrogen-bond acceptors (Lipinski definition) is 4. The maximum atomic E-state index is 13.2. The minimum absolute atomic E-state index is 0.0317. The van der Waals surface area contributed by atoms with Crippen LogP contribution >= 0.6 is 23.1 Å². The summed E-state index contributed by atoms with van der Waals surface area (Å²) in [5.41, 5.74) is 3.15. The average Bonchev–Trinajstić information content (AvgIpc) is 3.17. The molecule has 152 valence electrons. The molecule has 0 atom stereocenters. The lowest BCUT2D eigenvalue weighted by Crippen LogP contribution is -2.30. The Balaban J connectivity index is 1.52. The molecule has 1 amide bonds. The summed E-state index contributed by atoms with van der Waals surface area (Å²) >= 11 is 3.10. The molecule has 0 aliphatic rings. The lowest BCUT2D eigenvalue weighted by atomic mass is 10.2. The molecule has 1 heterocycles. The Morgan fingerprint density at radius 2 is 1.83 bits per heavy atom. The van der Waals surface area contributed by atoms with E-state index in [1.807, 2.05) is 42.5 Å². The van der Waals surface area contributed by atoms with E-state index in [0.29, 0.717) is 18.7 Å². The molecule has 0 saturated heterocycles. The van der Waals surface area contributed by atoms with Gasteiger partial charge < -0.3 is 0 Å². The van der Waals surface area contributed by atoms with E-state index in [-0.39, 0.29) is 11.7 Å². The molecule has 4 rings (SSSR count). The second kappa shape index (κ2) is 9.41. The minimum atomic E-state index is -0.254. The van der Waals surface area contributed by atoms with Crippen LogP contribution in [0.4, 0.5) is 9.52 Å². The molecule has 0 bridgehead atoms. The largest absolute Gasteiger partial charge is 0.284 e. The quantitative estimate of drug-likeness (QED) is 0.312. The highest BCUT2D eigenvalue weighted by Gasteiger charge is 2.20. The third kappa shape index (κ3) is 5.07. The molecular weight excluding hydrogens is 415 g/mol. The van der Waals surface area contributed by atoms with E-state index in [1.54, 1.807) is 40.1 Å². The molecule has 0 fully saturated rings. The highest BCUT2D eigenvalue weighted by atomic mass is 32.2. The number of carbonyl (C=O) groups excluding carboxylic acids is 1. The first kappa shape index (κ1) is 20.6. The molecule has 3 aromatic carbocycles. The Kier molecular flexibility index (Phi) is 6.45. The van der Waals surface area contributed by atoms with Crippen LogP contribution in [0.1, 0.15) is 17.5 Å². The summed E-state index contributed by atoms with van der Waals surface area (Å²) in [5.74, 6) is 0.402. The standard InChI is InChI=1S/C24H21FN2OS2/c1-17-7-12-21-22(15-17)30-24(26-21)27(16-18-5-3-2-4-6-18)23(28)13-14-29-20-10-8-19(25)9-11-20/h2-12,15H,13-14,16H2,1H3. The van der Waals surface area contributed by atoms with Crippen LogP contribution in [-0.2, 0) is 11.3 Å². The summed E-state index contributed by atoms with van der Waals surface area (Å²) in [6.07, 6.45) is 0.379. The maximum absolute atomic E-state index is 13.2. The first-order valence-corrected chi connectivity index (χ1v) is 11.5. The van der Waals surface area contributed by atoms with Gasteiger partial charge in [-0.3, -0.25) is 9.69 Å². The van der Waals surface area contributed by atoms with Gasteiger partial charge in [0.15, 0.2) is 5.13 Å². The third-order valence-corrected chi connectivity index (χ3v) is 6.70. The van der Waals surface area contributed by atoms with Crippen molar-refractivity contribution < 1.29 is 9.18 Å². The number of anilines is 1. The van der Waals surface area contributed by atoms with Gasteiger partial charge >= 0.3 is 0 Å². The van der Waals surface area contributed by atoms with Gasteiger partial charge in [0.2, 0.25) is 5.91 Å². The number of thiazole rings is 1. The van der Waals surface area contributed by atoms with Crippen molar-refractivity contribution in [2.45, 2.75) is 24.8 Å². The summed E-state index contributed by atoms with van der Waals surface area (Å²) in [7, 11) is 0. The van der Waals surface area contributed by atoms with E-state index >= 15 is 0 Å². The van der Waals surface area contributed by atoms with E-state index in [4.69, 9.17) is 4.98 Å². The number of benzene rings is 3. The van der Waals surface area contributed by atoms with Crippen molar-refractivity contribution in [2.24, 2.45) is 0 Å². The Labute approximate surface area is 183 Å². The zero-order chi connectivity index (χ0) is 20.9. The molecule has 3 nitrogen and oxygen atoms in total. The summed E-state index contributed by atoms with van der Waals surface area (Å²) in [6, 6.07) is 22.5. The summed E-state index contributed by atoms with van der Waals surface area (Å²) in [4.78, 5) is 20.6. The molecule has 0 saturated carbocycles. The Morgan fingerprint density at radius 3 is 2.60 bits per heavy atom. The van der Waals surface area contributed by atoms with Gasteiger partial charge in [-0.15, -0.1) is 11.8 Å². The van der Waals surface area contributed by atoms with Gasteiger partial charge in [-0.25, -0.2) is 9.37 Å². The van der Waals surface area contributed by atoms with E-state index in [9.17, 15) is 9.18 Å². The summed E-state index contributed by atoms with van der Waals surface area (Å²) < 4.78 is 14.2. The second-order valence-corrected chi connectivity index (χ2v) is 9.16. The topological polar surface area (TPSA) is 33.2 Å². The van der Waals surface area contributed by atoms with Crippen molar-refractivity contribution in [2.75, 3.05) is 10.7 Å². The number of nitrogens with zero attached hydrogens (tertiary/aromatic N) is 2. The molecule has 0 spiro atoms. The van der Waals surface area contributed by atoms with Crippen LogP contribution in [0.25, 0.3) is 10.2 Å². The Hall–Kier alpha value is -2.70. The first-order valence-electron chi connectivity index (χ1n) is 9.68. The number of amides is 1. The van der Waals surface area contributed by atoms with Gasteiger partial charge in [0, 0.05) is 17.1 Å². The molecule has 0 aliphatic carbocycles. The van der Waals surface area contributed by atoms with Crippen LogP contribution in [0, 0.1) is 12.7 Å². The van der Waals surface area contributed by atoms with E-state index < -0.39 is 0 Å². The normalized spacial score (nSPS) is 11.0. The number of hydrogen-bond donors (Lipinski definition) is 0. The molecule has 0 radical (unpaired) electrons. The van der Waals surface area contributed by atoms with Crippen LogP contribution < -0.4 is 4.90 Å². The van der Waals surface area contributed by atoms with Gasteiger partial charge in [0.1, 0.15) is 5.82 Å². The molecule has 30 heavy (non-hydrogen) atoms. The molecular formula is C24H21FN2OS2. The second-order valence-electron chi connectivity index (χ2n) is 6.99. The highest BCUT2D eigenvalue weighted by Crippen LogP contribution is 2.31. The van der Waals surface area contributed by atoms with Crippen molar-refractivity contribution in [1.82, 2.24) is 4.98 Å². The Bertz CT molecular complexity index is 1140. The van der Waals surface area contributed by atoms with Crippen LogP contribution in [0.5, 0.6) is 0 Å². The summed E-state index contributed by atoms with van der Waals surface area (Å²) in [6.45, 7) is 2.54. The van der Waals surface area contributed by atoms with Crippen LogP contribution in [-0.4, -0.2) is 16.6 Å². The van der Waals surface area contributed by atoms with Gasteiger partial charge in [0.25, 0.3) is 0 Å². The molecule has 4 aromatic rings. The summed E-state index contributed by atoms with van der Waals surface area (Å²) in [5, 5.41) is 0.719. The molecule has 0 unspecified atom stereocenters. The first-order chi connectivity index (χ1) is 14.6. The van der Waals surface area contributed by atoms with Gasteiger partial charge in [-0.2, -0.15) is 0 Å². The Morgan fingerprint density at radius 1 is 1.07 bits per heavy atom. The fourth-order valence-corrected chi connectivity index (χ4v) is 5.01. The van der Waals surface area contributed by atoms with Gasteiger partial charge in [0.05, 0.1) is 16.8 Å². The number of rotatable bonds is 7. The third-order valence-electron chi connectivity index (χ3n) is 4.65. The molecule has 1 aromatic heterocycles. The minimum Gasteiger partial charge on any atom is -0.284 e. The monoisotopic (exact) mass is 436 g/mol. The zero-order valence-electron chi connectivity index (χ0n) is 16.5. The van der Waals surface area contributed by atoms with Gasteiger partial charge in [-0.05, 0) is 54.4 Å². The smallest absolute Gasteiger partial charge is 0.229 e. The van der Waals surface area contributed by atoms with Crippen molar-refractivity contribution in [3.8, 4) is 0 Å². The van der Waals surface area contributed by atoms with E-state index in [0.717, 1.165) is 25.8 Å². The predicted molar refractivity (Wildman–Crippen MR) is 124 cm³/mol. The van der Waals surface area contributed by atoms with Crippen molar-refractivity contribution in [1.29, 1.82) is 0 Å². The van der Waals surface area contributed by atoms with Crippen molar-refractivity contribution >= 4 is 44.4 Å². The number of thioether (sulfide) groups is 1. The number of carbonyl (C=O) groups is 1. The van der Waals surface area contributed by atoms with E-state index in [1.165, 1.54) is 17.7 Å². The number of aromatic nitrogens is 1. The molecule has 0 N–H and O–H groups in total. The van der Waals surface area contributed by atoms with Gasteiger partial charge in [-0.1, -0.05) is 47.7 Å². The fourth-order valence-electron chi connectivity index (χ4n) is 3.09. The lowest BCUT2D eigenvalue weighted by molar-refractivity contribution is -0.118. The van der Waals surface area contributed by atoms with Crippen LogP contribution in [0.3, 0.4) is 0 Å². The van der Waals surface area contributed by atoms with E-state index in [2.05, 4.69) is 13.0 Å². The number of aryl methyl sites for hydroxylation is 1. The number of halogens is 1. The zero-order valence-corrected chi connectivity index (χ0v) is 18.2. The average molecular weight is 437 g/mol. The van der Waals surface area contributed by atoms with Crippen LogP contribution in [0.15, 0.2) is 77.7 Å². The highest BCUT2D eigenvalue weighted by molar-refractivity contribution is 7.99. The lowest BCUT2D eigenvalue weighted by Gasteiger charge is -2.20. The fraction of sp³-hybridized carbons (Fsp3) is 0.167. The van der Waals surface area contributed by atoms with Crippen molar-refractivity contribution in [3.05, 3.63) is 89.7 Å². The van der Waals surface area contributed by atoms with Crippen LogP contribution in [0.2, 0.25) is 0 Å². The number of fused-ring (bicyclic) bond motifs is 1. The predicted octanol–water partition coefficient (Wildman–Crippen LogP) is 6.46. The molecule has 6 heteroatoms. The van der Waals surface area contributed by atoms with Crippen molar-refractivity contribution in [3.63, 3.8) is 0 Å². The maximum Gasteiger partial charge on any atom is 0.229 e.